The second kappa shape index (κ2) is 6.78. The molecule has 1 saturated carbocycles. The average Bonchev–Trinajstić information content (AvgIpc) is 3.06. The van der Waals surface area contributed by atoms with Gasteiger partial charge in [-0.05, 0) is 32.1 Å². The summed E-state index contributed by atoms with van der Waals surface area (Å²) in [4.78, 5) is 4.63. The van der Waals surface area contributed by atoms with Crippen molar-refractivity contribution in [1.29, 1.82) is 0 Å². The Morgan fingerprint density at radius 2 is 2.39 bits per heavy atom. The highest BCUT2D eigenvalue weighted by atomic mass is 16.5. The van der Waals surface area contributed by atoms with Crippen molar-refractivity contribution in [2.75, 3.05) is 26.3 Å². The number of nitrogens with one attached hydrogen (secondary N) is 2. The van der Waals surface area contributed by atoms with Crippen LogP contribution in [0.15, 0.2) is 16.6 Å². The summed E-state index contributed by atoms with van der Waals surface area (Å²) in [5.74, 6) is 1.77. The fourth-order valence-electron chi connectivity index (χ4n) is 2.12. The Kier molecular flexibility index (Phi) is 5.05. The lowest BCUT2D eigenvalue weighted by atomic mass is 10.1. The molecule has 0 aromatic rings. The third-order valence-corrected chi connectivity index (χ3v) is 3.54. The molecule has 4 nitrogen and oxygen atoms in total. The predicted molar refractivity (Wildman–Crippen MR) is 74.8 cm³/mol. The van der Waals surface area contributed by atoms with Crippen LogP contribution < -0.4 is 10.6 Å². The first-order valence-electron chi connectivity index (χ1n) is 7.10. The average molecular weight is 251 g/mol. The lowest BCUT2D eigenvalue weighted by Gasteiger charge is -2.13. The maximum absolute atomic E-state index is 5.30. The second-order valence-electron chi connectivity index (χ2n) is 5.16. The molecule has 18 heavy (non-hydrogen) atoms. The van der Waals surface area contributed by atoms with Gasteiger partial charge in [-0.3, -0.25) is 4.99 Å². The van der Waals surface area contributed by atoms with Crippen LogP contribution in [-0.2, 0) is 4.74 Å². The van der Waals surface area contributed by atoms with E-state index >= 15 is 0 Å². The van der Waals surface area contributed by atoms with E-state index < -0.39 is 0 Å². The molecule has 4 heteroatoms. The third-order valence-electron chi connectivity index (χ3n) is 3.54. The van der Waals surface area contributed by atoms with Crippen molar-refractivity contribution in [2.45, 2.75) is 39.2 Å². The molecule has 2 unspecified atom stereocenters. The number of ether oxygens (including phenoxy) is 1. The Hall–Kier alpha value is -1.03. The Labute approximate surface area is 110 Å². The molecule has 0 amide bonds. The minimum atomic E-state index is 0.630. The topological polar surface area (TPSA) is 45.7 Å². The van der Waals surface area contributed by atoms with Gasteiger partial charge in [-0.1, -0.05) is 18.6 Å². The zero-order valence-electron chi connectivity index (χ0n) is 11.5. The van der Waals surface area contributed by atoms with Gasteiger partial charge in [-0.25, -0.2) is 0 Å². The SMILES string of the molecule is CCNC(=NCCC1=CCOCC1)NC1CC1C. The molecular weight excluding hydrogens is 226 g/mol. The maximum atomic E-state index is 5.30. The molecule has 2 N–H and O–H groups in total. The van der Waals surface area contributed by atoms with Gasteiger partial charge in [-0.2, -0.15) is 0 Å². The Balaban J connectivity index is 1.74. The molecule has 102 valence electrons. The van der Waals surface area contributed by atoms with E-state index in [4.69, 9.17) is 4.74 Å². The van der Waals surface area contributed by atoms with Gasteiger partial charge in [0.05, 0.1) is 13.2 Å². The van der Waals surface area contributed by atoms with Gasteiger partial charge in [0.1, 0.15) is 0 Å². The molecule has 1 fully saturated rings. The number of hydrogen-bond acceptors (Lipinski definition) is 2. The number of rotatable bonds is 5. The zero-order chi connectivity index (χ0) is 12.8. The Bertz CT molecular complexity index is 325. The van der Waals surface area contributed by atoms with Gasteiger partial charge in [0.25, 0.3) is 0 Å². The summed E-state index contributed by atoms with van der Waals surface area (Å²) in [5.41, 5.74) is 1.49. The molecule has 2 atom stereocenters. The quantitative estimate of drug-likeness (QED) is 0.444. The van der Waals surface area contributed by atoms with Crippen LogP contribution in [0.5, 0.6) is 0 Å². The zero-order valence-corrected chi connectivity index (χ0v) is 11.5. The van der Waals surface area contributed by atoms with E-state index in [2.05, 4.69) is 35.5 Å². The molecule has 0 saturated heterocycles. The van der Waals surface area contributed by atoms with Crippen molar-refractivity contribution in [1.82, 2.24) is 10.6 Å². The van der Waals surface area contributed by atoms with E-state index in [9.17, 15) is 0 Å². The highest BCUT2D eigenvalue weighted by Gasteiger charge is 2.33. The maximum Gasteiger partial charge on any atom is 0.191 e. The van der Waals surface area contributed by atoms with E-state index in [0.717, 1.165) is 51.0 Å². The molecule has 1 aliphatic heterocycles. The molecule has 1 heterocycles. The van der Waals surface area contributed by atoms with E-state index in [1.807, 2.05) is 0 Å². The summed E-state index contributed by atoms with van der Waals surface area (Å²) in [7, 11) is 0. The molecule has 0 spiro atoms. The second-order valence-corrected chi connectivity index (χ2v) is 5.16. The van der Waals surface area contributed by atoms with Crippen LogP contribution >= 0.6 is 0 Å². The Morgan fingerprint density at radius 1 is 1.56 bits per heavy atom. The molecule has 0 bridgehead atoms. The van der Waals surface area contributed by atoms with E-state index in [0.29, 0.717) is 6.04 Å². The standard InChI is InChI=1S/C14H25N3O/c1-3-15-14(17-13-10-11(13)2)16-7-4-12-5-8-18-9-6-12/h5,11,13H,3-4,6-10H2,1-2H3,(H2,15,16,17). The third kappa shape index (κ3) is 4.33. The fraction of sp³-hybridized carbons (Fsp3) is 0.786. The van der Waals surface area contributed by atoms with Gasteiger partial charge in [-0.15, -0.1) is 0 Å². The summed E-state index contributed by atoms with van der Waals surface area (Å²) in [5, 5.41) is 6.78. The summed E-state index contributed by atoms with van der Waals surface area (Å²) >= 11 is 0. The van der Waals surface area contributed by atoms with Gasteiger partial charge < -0.3 is 15.4 Å². The highest BCUT2D eigenvalue weighted by Crippen LogP contribution is 2.28. The van der Waals surface area contributed by atoms with Crippen molar-refractivity contribution in [3.63, 3.8) is 0 Å². The van der Waals surface area contributed by atoms with E-state index in [-0.39, 0.29) is 0 Å². The van der Waals surface area contributed by atoms with Crippen LogP contribution in [0.1, 0.15) is 33.1 Å². The first-order chi connectivity index (χ1) is 8.79. The largest absolute Gasteiger partial charge is 0.377 e. The number of guanidine groups is 1. The van der Waals surface area contributed by atoms with Crippen molar-refractivity contribution in [3.05, 3.63) is 11.6 Å². The fourth-order valence-corrected chi connectivity index (χ4v) is 2.12. The minimum absolute atomic E-state index is 0.630. The van der Waals surface area contributed by atoms with E-state index in [1.165, 1.54) is 12.0 Å². The van der Waals surface area contributed by atoms with Crippen molar-refractivity contribution >= 4 is 5.96 Å². The first-order valence-corrected chi connectivity index (χ1v) is 7.10. The van der Waals surface area contributed by atoms with Gasteiger partial charge in [0, 0.05) is 19.1 Å². The minimum Gasteiger partial charge on any atom is -0.377 e. The Morgan fingerprint density at radius 3 is 3.00 bits per heavy atom. The molecule has 2 rings (SSSR count). The summed E-state index contributed by atoms with van der Waals surface area (Å²) in [6.07, 6.45) is 5.59. The van der Waals surface area contributed by atoms with Crippen LogP contribution in [0.3, 0.4) is 0 Å². The van der Waals surface area contributed by atoms with E-state index in [1.54, 1.807) is 0 Å². The van der Waals surface area contributed by atoms with Crippen LogP contribution in [0.25, 0.3) is 0 Å². The molecule has 0 aromatic carbocycles. The molecule has 2 aliphatic rings. The predicted octanol–water partition coefficient (Wildman–Crippen LogP) is 1.69. The smallest absolute Gasteiger partial charge is 0.191 e. The van der Waals surface area contributed by atoms with Gasteiger partial charge in [0.2, 0.25) is 0 Å². The molecule has 1 aliphatic carbocycles. The summed E-state index contributed by atoms with van der Waals surface area (Å²) in [6, 6.07) is 0.630. The number of nitrogens with zero attached hydrogens (tertiary/aromatic N) is 1. The van der Waals surface area contributed by atoms with Crippen LogP contribution in [-0.4, -0.2) is 38.3 Å². The molecular formula is C14H25N3O. The number of hydrogen-bond donors (Lipinski definition) is 2. The highest BCUT2D eigenvalue weighted by molar-refractivity contribution is 5.80. The monoisotopic (exact) mass is 251 g/mol. The van der Waals surface area contributed by atoms with Gasteiger partial charge in [0.15, 0.2) is 5.96 Å². The normalized spacial score (nSPS) is 27.7. The van der Waals surface area contributed by atoms with Crippen molar-refractivity contribution in [3.8, 4) is 0 Å². The first kappa shape index (κ1) is 13.4. The number of aliphatic imine (C=N–C) groups is 1. The van der Waals surface area contributed by atoms with Crippen molar-refractivity contribution < 1.29 is 4.74 Å². The summed E-state index contributed by atoms with van der Waals surface area (Å²) in [6.45, 7) is 7.80. The van der Waals surface area contributed by atoms with Crippen LogP contribution in [0.4, 0.5) is 0 Å². The summed E-state index contributed by atoms with van der Waals surface area (Å²) < 4.78 is 5.30. The lowest BCUT2D eigenvalue weighted by molar-refractivity contribution is 0.153. The van der Waals surface area contributed by atoms with Crippen LogP contribution in [0.2, 0.25) is 0 Å². The molecule has 0 radical (unpaired) electrons. The van der Waals surface area contributed by atoms with Crippen molar-refractivity contribution in [2.24, 2.45) is 10.9 Å². The van der Waals surface area contributed by atoms with Crippen LogP contribution in [0, 0.1) is 5.92 Å². The van der Waals surface area contributed by atoms with Gasteiger partial charge >= 0.3 is 0 Å². The molecule has 0 aromatic heterocycles. The lowest BCUT2D eigenvalue weighted by Crippen LogP contribution is -2.39.